The predicted molar refractivity (Wildman–Crippen MR) is 126 cm³/mol. The fourth-order valence-electron chi connectivity index (χ4n) is 4.89. The number of rotatable bonds is 9. The number of carbonyl (C=O) groups is 3. The van der Waals surface area contributed by atoms with Gasteiger partial charge in [-0.25, -0.2) is 15.1 Å². The number of alkyl carbamates (subject to hydrolysis) is 1. The summed E-state index contributed by atoms with van der Waals surface area (Å²) in [6.45, 7) is 0.0344. The smallest absolute Gasteiger partial charge is 0.407 e. The molecule has 2 aliphatic rings. The zero-order valence-corrected chi connectivity index (χ0v) is 19.6. The highest BCUT2D eigenvalue weighted by Gasteiger charge is 2.32. The lowest BCUT2D eigenvalue weighted by Crippen LogP contribution is -2.44. The Morgan fingerprint density at radius 3 is 2.31 bits per heavy atom. The maximum Gasteiger partial charge on any atom is 0.407 e. The van der Waals surface area contributed by atoms with E-state index in [-0.39, 0.29) is 25.2 Å². The van der Waals surface area contributed by atoms with Crippen LogP contribution in [0.25, 0.3) is 11.1 Å². The van der Waals surface area contributed by atoms with Gasteiger partial charge in [0.15, 0.2) is 0 Å². The van der Waals surface area contributed by atoms with E-state index in [1.54, 1.807) is 0 Å². The first kappa shape index (κ1) is 24.7. The Kier molecular flexibility index (Phi) is 7.99. The number of hydrogen-bond donors (Lipinski definition) is 3. The molecule has 0 spiro atoms. The zero-order valence-electron chi connectivity index (χ0n) is 19.6. The molecular formula is C26H30N2O7. The first-order valence-electron chi connectivity index (χ1n) is 11.8. The average Bonchev–Trinajstić information content (AvgIpc) is 3.19. The Labute approximate surface area is 203 Å². The molecule has 1 saturated carbocycles. The Hall–Kier alpha value is -3.43. The van der Waals surface area contributed by atoms with Crippen molar-refractivity contribution in [3.8, 4) is 11.1 Å². The summed E-state index contributed by atoms with van der Waals surface area (Å²) in [5.41, 5.74) is 6.84. The number of carboxylic acids is 1. The van der Waals surface area contributed by atoms with Crippen molar-refractivity contribution in [3.05, 3.63) is 59.7 Å². The Morgan fingerprint density at radius 1 is 1.03 bits per heavy atom. The Morgan fingerprint density at radius 2 is 1.69 bits per heavy atom. The lowest BCUT2D eigenvalue weighted by molar-refractivity contribution is -0.166. The number of carbonyl (C=O) groups excluding carboxylic acids is 2. The minimum absolute atomic E-state index is 0.0236. The highest BCUT2D eigenvalue weighted by molar-refractivity contribution is 5.80. The van der Waals surface area contributed by atoms with Crippen molar-refractivity contribution < 1.29 is 33.8 Å². The molecule has 2 aromatic rings. The van der Waals surface area contributed by atoms with Gasteiger partial charge in [0.25, 0.3) is 0 Å². The number of aliphatic carboxylic acids is 1. The second kappa shape index (κ2) is 11.3. The van der Waals surface area contributed by atoms with Gasteiger partial charge in [-0.1, -0.05) is 55.0 Å². The van der Waals surface area contributed by atoms with Gasteiger partial charge in [-0.15, -0.1) is 0 Å². The molecule has 2 aromatic carbocycles. The highest BCUT2D eigenvalue weighted by Crippen LogP contribution is 2.44. The van der Waals surface area contributed by atoms with Gasteiger partial charge >= 0.3 is 12.1 Å². The zero-order chi connectivity index (χ0) is 24.8. The minimum Gasteiger partial charge on any atom is -0.479 e. The van der Waals surface area contributed by atoms with Crippen LogP contribution >= 0.6 is 0 Å². The van der Waals surface area contributed by atoms with Crippen molar-refractivity contribution in [1.82, 2.24) is 10.8 Å². The van der Waals surface area contributed by atoms with Crippen molar-refractivity contribution in [2.45, 2.75) is 43.7 Å². The molecule has 0 aliphatic heterocycles. The summed E-state index contributed by atoms with van der Waals surface area (Å²) in [5, 5.41) is 12.0. The third kappa shape index (κ3) is 5.80. The summed E-state index contributed by atoms with van der Waals surface area (Å²) in [4.78, 5) is 41.2. The van der Waals surface area contributed by atoms with Crippen molar-refractivity contribution in [2.75, 3.05) is 20.3 Å². The number of methoxy groups -OCH3 is 1. The van der Waals surface area contributed by atoms with E-state index >= 15 is 0 Å². The third-order valence-corrected chi connectivity index (χ3v) is 6.61. The largest absolute Gasteiger partial charge is 0.479 e. The fourth-order valence-corrected chi connectivity index (χ4v) is 4.89. The van der Waals surface area contributed by atoms with Gasteiger partial charge in [-0.05, 0) is 41.5 Å². The lowest BCUT2D eigenvalue weighted by Gasteiger charge is -2.29. The number of nitrogens with one attached hydrogen (secondary N) is 2. The quantitative estimate of drug-likeness (QED) is 0.469. The van der Waals surface area contributed by atoms with E-state index in [1.807, 2.05) is 24.3 Å². The van der Waals surface area contributed by atoms with E-state index in [1.165, 1.54) is 7.11 Å². The van der Waals surface area contributed by atoms with E-state index in [0.717, 1.165) is 35.1 Å². The molecule has 9 heteroatoms. The molecular weight excluding hydrogens is 452 g/mol. The van der Waals surface area contributed by atoms with Gasteiger partial charge in [-0.3, -0.25) is 9.63 Å². The summed E-state index contributed by atoms with van der Waals surface area (Å²) in [6.07, 6.45) is 0.715. The van der Waals surface area contributed by atoms with Crippen molar-refractivity contribution >= 4 is 18.0 Å². The summed E-state index contributed by atoms with van der Waals surface area (Å²) in [6, 6.07) is 16.1. The molecule has 3 unspecified atom stereocenters. The molecule has 2 aliphatic carbocycles. The Balaban J connectivity index is 1.28. The van der Waals surface area contributed by atoms with E-state index < -0.39 is 30.0 Å². The van der Waals surface area contributed by atoms with Crippen LogP contribution in [-0.4, -0.2) is 55.5 Å². The second-order valence-electron chi connectivity index (χ2n) is 8.90. The summed E-state index contributed by atoms with van der Waals surface area (Å²) in [5.74, 6) is -2.07. The predicted octanol–water partition coefficient (Wildman–Crippen LogP) is 3.23. The summed E-state index contributed by atoms with van der Waals surface area (Å²) in [7, 11) is 1.35. The number of carboxylic acid groups (broad SMARTS) is 1. The van der Waals surface area contributed by atoms with Crippen LogP contribution in [0.15, 0.2) is 48.5 Å². The maximum atomic E-state index is 12.6. The van der Waals surface area contributed by atoms with Crippen LogP contribution in [0, 0.1) is 5.92 Å². The maximum absolute atomic E-state index is 12.6. The van der Waals surface area contributed by atoms with Crippen LogP contribution in [-0.2, 0) is 23.9 Å². The van der Waals surface area contributed by atoms with Crippen molar-refractivity contribution in [2.24, 2.45) is 5.92 Å². The molecule has 4 rings (SSSR count). The van der Waals surface area contributed by atoms with E-state index in [4.69, 9.17) is 19.4 Å². The van der Waals surface area contributed by atoms with Crippen LogP contribution in [0.1, 0.15) is 42.7 Å². The molecule has 0 saturated heterocycles. The summed E-state index contributed by atoms with van der Waals surface area (Å²) >= 11 is 0. The van der Waals surface area contributed by atoms with Crippen LogP contribution in [0.2, 0.25) is 0 Å². The topological polar surface area (TPSA) is 123 Å². The summed E-state index contributed by atoms with van der Waals surface area (Å²) < 4.78 is 10.4. The van der Waals surface area contributed by atoms with Gasteiger partial charge in [0.05, 0.1) is 6.61 Å². The second-order valence-corrected chi connectivity index (χ2v) is 8.90. The third-order valence-electron chi connectivity index (χ3n) is 6.61. The van der Waals surface area contributed by atoms with Crippen molar-refractivity contribution in [3.63, 3.8) is 0 Å². The number of benzene rings is 2. The van der Waals surface area contributed by atoms with Crippen LogP contribution < -0.4 is 10.8 Å². The molecule has 0 radical (unpaired) electrons. The SMILES string of the molecule is COCC(ONC(=O)C1CCCC(NC(=O)OCC2c3ccccc3-c3ccccc32)C1)C(=O)O. The average molecular weight is 483 g/mol. The van der Waals surface area contributed by atoms with Crippen LogP contribution in [0.4, 0.5) is 4.79 Å². The standard InChI is InChI=1S/C26H30N2O7/c1-33-15-23(25(30)31)35-28-24(29)16-7-6-8-17(13-16)27-26(32)34-14-22-20-11-4-2-9-18(20)19-10-3-5-12-21(19)22/h2-5,9-12,16-17,22-23H,6-8,13-15H2,1H3,(H,27,32)(H,28,29)(H,30,31). The molecule has 2 amide bonds. The van der Waals surface area contributed by atoms with Gasteiger partial charge < -0.3 is 19.9 Å². The number of hydrogen-bond acceptors (Lipinski definition) is 6. The Bertz CT molecular complexity index is 1030. The molecule has 3 atom stereocenters. The monoisotopic (exact) mass is 482 g/mol. The first-order chi connectivity index (χ1) is 17.0. The molecule has 0 heterocycles. The number of fused-ring (bicyclic) bond motifs is 3. The number of ether oxygens (including phenoxy) is 2. The van der Waals surface area contributed by atoms with Gasteiger partial charge in [0.2, 0.25) is 12.0 Å². The molecule has 1 fully saturated rings. The number of hydroxylamine groups is 1. The van der Waals surface area contributed by atoms with E-state index in [0.29, 0.717) is 12.8 Å². The molecule has 0 bridgehead atoms. The van der Waals surface area contributed by atoms with Gasteiger partial charge in [0, 0.05) is 25.0 Å². The highest BCUT2D eigenvalue weighted by atomic mass is 16.7. The van der Waals surface area contributed by atoms with Crippen molar-refractivity contribution in [1.29, 1.82) is 0 Å². The van der Waals surface area contributed by atoms with Gasteiger partial charge in [0.1, 0.15) is 6.61 Å². The molecule has 35 heavy (non-hydrogen) atoms. The molecule has 9 nitrogen and oxygen atoms in total. The van der Waals surface area contributed by atoms with Gasteiger partial charge in [-0.2, -0.15) is 0 Å². The molecule has 0 aromatic heterocycles. The fraction of sp³-hybridized carbons (Fsp3) is 0.423. The van der Waals surface area contributed by atoms with E-state index in [2.05, 4.69) is 35.1 Å². The molecule has 186 valence electrons. The van der Waals surface area contributed by atoms with Crippen LogP contribution in [0.3, 0.4) is 0 Å². The van der Waals surface area contributed by atoms with Crippen LogP contribution in [0.5, 0.6) is 0 Å². The molecule has 3 N–H and O–H groups in total. The normalized spacial score (nSPS) is 19.8. The number of amides is 2. The van der Waals surface area contributed by atoms with E-state index in [9.17, 15) is 14.4 Å². The first-order valence-corrected chi connectivity index (χ1v) is 11.8. The minimum atomic E-state index is -1.29. The lowest BCUT2D eigenvalue weighted by atomic mass is 9.85.